The van der Waals surface area contributed by atoms with Crippen LogP contribution in [0.15, 0.2) is 48.5 Å². The summed E-state index contributed by atoms with van der Waals surface area (Å²) in [6.07, 6.45) is -3.68. The summed E-state index contributed by atoms with van der Waals surface area (Å²) in [6, 6.07) is 10.1. The number of benzene rings is 2. The average Bonchev–Trinajstić information content (AvgIpc) is 2.59. The summed E-state index contributed by atoms with van der Waals surface area (Å²) in [5.74, 6) is -0.123. The van der Waals surface area contributed by atoms with E-state index in [2.05, 4.69) is 5.32 Å². The molecule has 0 saturated carbocycles. The predicted octanol–water partition coefficient (Wildman–Crippen LogP) is 3.51. The third kappa shape index (κ3) is 5.88. The maximum absolute atomic E-state index is 12.7. The lowest BCUT2D eigenvalue weighted by atomic mass is 10.2. The molecule has 10 heteroatoms. The van der Waals surface area contributed by atoms with Gasteiger partial charge in [-0.2, -0.15) is 13.2 Å². The Labute approximate surface area is 161 Å². The first-order valence-electron chi connectivity index (χ1n) is 8.18. The molecule has 0 fully saturated rings. The Balaban J connectivity index is 2.18. The van der Waals surface area contributed by atoms with Gasteiger partial charge in [-0.25, -0.2) is 8.42 Å². The van der Waals surface area contributed by atoms with Crippen LogP contribution in [0.5, 0.6) is 5.75 Å². The molecule has 0 aliphatic carbocycles. The molecule has 6 nitrogen and oxygen atoms in total. The van der Waals surface area contributed by atoms with E-state index in [-0.39, 0.29) is 5.69 Å². The van der Waals surface area contributed by atoms with Gasteiger partial charge in [0.1, 0.15) is 12.3 Å². The Morgan fingerprint density at radius 3 is 2.32 bits per heavy atom. The fourth-order valence-corrected chi connectivity index (χ4v) is 3.23. The fourth-order valence-electron chi connectivity index (χ4n) is 2.38. The van der Waals surface area contributed by atoms with Crippen molar-refractivity contribution >= 4 is 27.3 Å². The number of nitrogens with zero attached hydrogens (tertiary/aromatic N) is 1. The normalized spacial score (nSPS) is 11.8. The van der Waals surface area contributed by atoms with Crippen molar-refractivity contribution in [1.82, 2.24) is 0 Å². The van der Waals surface area contributed by atoms with Gasteiger partial charge >= 0.3 is 6.18 Å². The largest absolute Gasteiger partial charge is 0.494 e. The molecule has 28 heavy (non-hydrogen) atoms. The van der Waals surface area contributed by atoms with Crippen LogP contribution in [0, 0.1) is 0 Å². The number of ether oxygens (including phenoxy) is 1. The number of amides is 1. The number of hydrogen-bond acceptors (Lipinski definition) is 4. The van der Waals surface area contributed by atoms with Gasteiger partial charge in [0.25, 0.3) is 0 Å². The number of carbonyl (C=O) groups is 1. The van der Waals surface area contributed by atoms with Crippen LogP contribution >= 0.6 is 0 Å². The smallest absolute Gasteiger partial charge is 0.416 e. The highest BCUT2D eigenvalue weighted by molar-refractivity contribution is 7.92. The van der Waals surface area contributed by atoms with E-state index in [1.165, 1.54) is 0 Å². The van der Waals surface area contributed by atoms with Crippen LogP contribution in [0.2, 0.25) is 0 Å². The number of carbonyl (C=O) groups excluding carboxylic acids is 1. The molecular weight excluding hydrogens is 397 g/mol. The highest BCUT2D eigenvalue weighted by Gasteiger charge is 2.30. The average molecular weight is 416 g/mol. The molecule has 1 amide bonds. The Kier molecular flexibility index (Phi) is 6.55. The van der Waals surface area contributed by atoms with Crippen LogP contribution in [0.3, 0.4) is 0 Å². The zero-order valence-corrected chi connectivity index (χ0v) is 16.0. The van der Waals surface area contributed by atoms with Gasteiger partial charge in [-0.05, 0) is 43.3 Å². The number of alkyl halides is 3. The van der Waals surface area contributed by atoms with Crippen molar-refractivity contribution in [2.45, 2.75) is 13.1 Å². The predicted molar refractivity (Wildman–Crippen MR) is 99.9 cm³/mol. The third-order valence-corrected chi connectivity index (χ3v) is 4.74. The van der Waals surface area contributed by atoms with Gasteiger partial charge in [-0.1, -0.05) is 6.07 Å². The minimum Gasteiger partial charge on any atom is -0.494 e. The number of sulfonamides is 1. The first kappa shape index (κ1) is 21.5. The first-order chi connectivity index (χ1) is 13.0. The first-order valence-corrected chi connectivity index (χ1v) is 10.0. The van der Waals surface area contributed by atoms with Crippen LogP contribution in [-0.4, -0.2) is 33.7 Å². The summed E-state index contributed by atoms with van der Waals surface area (Å²) in [4.78, 5) is 12.3. The lowest BCUT2D eigenvalue weighted by Crippen LogP contribution is -2.37. The van der Waals surface area contributed by atoms with Gasteiger partial charge in [0.15, 0.2) is 0 Å². The van der Waals surface area contributed by atoms with Crippen LogP contribution in [-0.2, 0) is 21.0 Å². The monoisotopic (exact) mass is 416 g/mol. The van der Waals surface area contributed by atoms with Crippen molar-refractivity contribution in [3.8, 4) is 5.75 Å². The number of nitrogens with one attached hydrogen (secondary N) is 1. The Bertz CT molecular complexity index is 929. The zero-order chi connectivity index (χ0) is 20.9. The van der Waals surface area contributed by atoms with Crippen molar-refractivity contribution in [2.24, 2.45) is 0 Å². The molecular formula is C18H19F3N2O4S. The van der Waals surface area contributed by atoms with E-state index in [0.29, 0.717) is 18.0 Å². The molecule has 0 spiro atoms. The van der Waals surface area contributed by atoms with Gasteiger partial charge < -0.3 is 10.1 Å². The van der Waals surface area contributed by atoms with Gasteiger partial charge in [0.05, 0.1) is 24.1 Å². The van der Waals surface area contributed by atoms with Gasteiger partial charge in [0, 0.05) is 11.8 Å². The highest BCUT2D eigenvalue weighted by atomic mass is 32.2. The topological polar surface area (TPSA) is 75.7 Å². The van der Waals surface area contributed by atoms with Crippen LogP contribution in [0.1, 0.15) is 12.5 Å². The Morgan fingerprint density at radius 2 is 1.79 bits per heavy atom. The summed E-state index contributed by atoms with van der Waals surface area (Å²) in [7, 11) is -3.90. The maximum Gasteiger partial charge on any atom is 0.416 e. The second kappa shape index (κ2) is 8.51. The molecule has 2 rings (SSSR count). The van der Waals surface area contributed by atoms with Crippen LogP contribution < -0.4 is 14.4 Å². The molecule has 2 aromatic carbocycles. The molecule has 0 radical (unpaired) electrons. The number of hydrogen-bond donors (Lipinski definition) is 1. The molecule has 0 unspecified atom stereocenters. The van der Waals surface area contributed by atoms with E-state index in [0.717, 1.165) is 34.8 Å². The highest BCUT2D eigenvalue weighted by Crippen LogP contribution is 2.31. The van der Waals surface area contributed by atoms with E-state index in [4.69, 9.17) is 4.74 Å². The standard InChI is InChI=1S/C18H19F3N2O4S/c1-3-27-16-6-4-5-14(11-16)22-17(24)12-23(28(2,25)26)15-9-7-13(8-10-15)18(19,20)21/h4-11H,3,12H2,1-2H3,(H,22,24). The van der Waals surface area contributed by atoms with Gasteiger partial charge in [-0.3, -0.25) is 9.10 Å². The van der Waals surface area contributed by atoms with Crippen molar-refractivity contribution in [3.05, 3.63) is 54.1 Å². The second-order valence-electron chi connectivity index (χ2n) is 5.82. The third-order valence-electron chi connectivity index (χ3n) is 3.60. The summed E-state index contributed by atoms with van der Waals surface area (Å²) in [5, 5.41) is 2.54. The number of anilines is 2. The van der Waals surface area contributed by atoms with E-state index in [9.17, 15) is 26.4 Å². The number of rotatable bonds is 7. The molecule has 0 aromatic heterocycles. The molecule has 0 heterocycles. The van der Waals surface area contributed by atoms with Crippen molar-refractivity contribution in [2.75, 3.05) is 29.0 Å². The molecule has 0 atom stereocenters. The molecule has 0 bridgehead atoms. The van der Waals surface area contributed by atoms with E-state index >= 15 is 0 Å². The maximum atomic E-state index is 12.7. The molecule has 2 aromatic rings. The minimum atomic E-state index is -4.54. The van der Waals surface area contributed by atoms with Crippen LogP contribution in [0.4, 0.5) is 24.5 Å². The van der Waals surface area contributed by atoms with Crippen molar-refractivity contribution in [3.63, 3.8) is 0 Å². The summed E-state index contributed by atoms with van der Waals surface area (Å²) < 4.78 is 68.2. The SMILES string of the molecule is CCOc1cccc(NC(=O)CN(c2ccc(C(F)(F)F)cc2)S(C)(=O)=O)c1. The van der Waals surface area contributed by atoms with Crippen LogP contribution in [0.25, 0.3) is 0 Å². The summed E-state index contributed by atoms with van der Waals surface area (Å²) in [5.41, 5.74) is -0.563. The summed E-state index contributed by atoms with van der Waals surface area (Å²) in [6.45, 7) is 1.65. The molecule has 1 N–H and O–H groups in total. The quantitative estimate of drug-likeness (QED) is 0.750. The minimum absolute atomic E-state index is 0.0475. The summed E-state index contributed by atoms with van der Waals surface area (Å²) >= 11 is 0. The Hall–Kier alpha value is -2.75. The fraction of sp³-hybridized carbons (Fsp3) is 0.278. The van der Waals surface area contributed by atoms with Gasteiger partial charge in [0.2, 0.25) is 15.9 Å². The van der Waals surface area contributed by atoms with E-state index in [1.807, 2.05) is 0 Å². The number of halogens is 3. The Morgan fingerprint density at radius 1 is 1.14 bits per heavy atom. The lowest BCUT2D eigenvalue weighted by molar-refractivity contribution is -0.137. The zero-order valence-electron chi connectivity index (χ0n) is 15.2. The lowest BCUT2D eigenvalue weighted by Gasteiger charge is -2.22. The van der Waals surface area contributed by atoms with E-state index in [1.54, 1.807) is 31.2 Å². The van der Waals surface area contributed by atoms with Crippen molar-refractivity contribution < 1.29 is 31.1 Å². The van der Waals surface area contributed by atoms with E-state index < -0.39 is 34.2 Å². The van der Waals surface area contributed by atoms with Gasteiger partial charge in [-0.15, -0.1) is 0 Å². The second-order valence-corrected chi connectivity index (χ2v) is 7.73. The molecule has 0 saturated heterocycles. The molecule has 152 valence electrons. The molecule has 0 aliphatic rings. The molecule has 0 aliphatic heterocycles. The van der Waals surface area contributed by atoms with Crippen molar-refractivity contribution in [1.29, 1.82) is 0 Å².